The number of aromatic nitrogens is 2. The van der Waals surface area contributed by atoms with Crippen molar-refractivity contribution in [3.05, 3.63) is 46.2 Å². The molecule has 0 fully saturated rings. The molecule has 0 radical (unpaired) electrons. The van der Waals surface area contributed by atoms with Crippen LogP contribution >= 0.6 is 15.9 Å². The van der Waals surface area contributed by atoms with Gasteiger partial charge in [-0.25, -0.2) is 13.1 Å². The SMILES string of the molecule is O=S(=O)(NCCn1ncc2c1CCCC2)c1ccc(Br)cc1. The first-order valence-electron chi connectivity index (χ1n) is 7.35. The van der Waals surface area contributed by atoms with Gasteiger partial charge in [0.25, 0.3) is 0 Å². The van der Waals surface area contributed by atoms with Gasteiger partial charge in [-0.15, -0.1) is 0 Å². The van der Waals surface area contributed by atoms with Crippen LogP contribution in [0.15, 0.2) is 39.8 Å². The lowest BCUT2D eigenvalue weighted by Crippen LogP contribution is -2.28. The van der Waals surface area contributed by atoms with Gasteiger partial charge in [-0.1, -0.05) is 15.9 Å². The highest BCUT2D eigenvalue weighted by Crippen LogP contribution is 2.20. The average Bonchev–Trinajstić information content (AvgIpc) is 2.91. The molecule has 118 valence electrons. The third-order valence-corrected chi connectivity index (χ3v) is 5.89. The highest BCUT2D eigenvalue weighted by molar-refractivity contribution is 9.10. The number of fused-ring (bicyclic) bond motifs is 1. The van der Waals surface area contributed by atoms with Gasteiger partial charge < -0.3 is 0 Å². The molecular formula is C15H18BrN3O2S. The summed E-state index contributed by atoms with van der Waals surface area (Å²) in [6.07, 6.45) is 6.44. The molecular weight excluding hydrogens is 366 g/mol. The molecule has 5 nitrogen and oxygen atoms in total. The number of aryl methyl sites for hydroxylation is 1. The van der Waals surface area contributed by atoms with E-state index in [1.54, 1.807) is 24.3 Å². The smallest absolute Gasteiger partial charge is 0.240 e. The van der Waals surface area contributed by atoms with Gasteiger partial charge in [0, 0.05) is 16.7 Å². The molecule has 1 aromatic carbocycles. The Morgan fingerprint density at radius 1 is 1.18 bits per heavy atom. The first-order chi connectivity index (χ1) is 10.6. The fourth-order valence-corrected chi connectivity index (χ4v) is 4.02. The van der Waals surface area contributed by atoms with Crippen LogP contribution in [0.5, 0.6) is 0 Å². The van der Waals surface area contributed by atoms with Crippen LogP contribution in [0.1, 0.15) is 24.1 Å². The molecule has 22 heavy (non-hydrogen) atoms. The zero-order chi connectivity index (χ0) is 15.6. The van der Waals surface area contributed by atoms with Gasteiger partial charge in [0.2, 0.25) is 10.0 Å². The average molecular weight is 384 g/mol. The van der Waals surface area contributed by atoms with E-state index in [0.29, 0.717) is 13.1 Å². The quantitative estimate of drug-likeness (QED) is 0.862. The lowest BCUT2D eigenvalue weighted by atomic mass is 9.98. The van der Waals surface area contributed by atoms with Crippen molar-refractivity contribution in [3.63, 3.8) is 0 Å². The van der Waals surface area contributed by atoms with E-state index in [2.05, 4.69) is 25.8 Å². The van der Waals surface area contributed by atoms with E-state index in [1.807, 2.05) is 10.9 Å². The second-order valence-electron chi connectivity index (χ2n) is 5.40. The summed E-state index contributed by atoms with van der Waals surface area (Å²) in [7, 11) is -3.46. The number of sulfonamides is 1. The summed E-state index contributed by atoms with van der Waals surface area (Å²) in [4.78, 5) is 0.276. The summed E-state index contributed by atoms with van der Waals surface area (Å²) >= 11 is 3.30. The Hall–Kier alpha value is -1.18. The fourth-order valence-electron chi connectivity index (χ4n) is 2.73. The summed E-state index contributed by atoms with van der Waals surface area (Å²) in [6, 6.07) is 6.61. The normalized spacial score (nSPS) is 14.8. The zero-order valence-electron chi connectivity index (χ0n) is 12.1. The first-order valence-corrected chi connectivity index (χ1v) is 9.63. The standard InChI is InChI=1S/C15H18BrN3O2S/c16-13-5-7-14(8-6-13)22(20,21)18-9-10-19-15-4-2-1-3-12(15)11-17-19/h5-8,11,18H,1-4,9-10H2. The van der Waals surface area contributed by atoms with Gasteiger partial charge in [-0.05, 0) is 55.5 Å². The minimum atomic E-state index is -3.46. The molecule has 0 spiro atoms. The number of rotatable bonds is 5. The Bertz CT molecular complexity index is 754. The molecule has 0 saturated heterocycles. The van der Waals surface area contributed by atoms with E-state index < -0.39 is 10.0 Å². The molecule has 0 saturated carbocycles. The number of hydrogen-bond acceptors (Lipinski definition) is 3. The summed E-state index contributed by atoms with van der Waals surface area (Å²) < 4.78 is 29.8. The Morgan fingerprint density at radius 3 is 2.68 bits per heavy atom. The lowest BCUT2D eigenvalue weighted by molar-refractivity contribution is 0.538. The van der Waals surface area contributed by atoms with Crippen molar-refractivity contribution in [1.82, 2.24) is 14.5 Å². The minimum absolute atomic E-state index is 0.276. The molecule has 1 N–H and O–H groups in total. The maximum Gasteiger partial charge on any atom is 0.240 e. The molecule has 3 rings (SSSR count). The van der Waals surface area contributed by atoms with Crippen molar-refractivity contribution in [1.29, 1.82) is 0 Å². The van der Waals surface area contributed by atoms with Gasteiger partial charge in [0.1, 0.15) is 0 Å². The highest BCUT2D eigenvalue weighted by Gasteiger charge is 2.16. The molecule has 2 aromatic rings. The maximum absolute atomic E-state index is 12.2. The lowest BCUT2D eigenvalue weighted by Gasteiger charge is -2.14. The zero-order valence-corrected chi connectivity index (χ0v) is 14.5. The van der Waals surface area contributed by atoms with Crippen LogP contribution in [0.2, 0.25) is 0 Å². The van der Waals surface area contributed by atoms with Crippen LogP contribution in [0.25, 0.3) is 0 Å². The van der Waals surface area contributed by atoms with Crippen LogP contribution in [0.3, 0.4) is 0 Å². The van der Waals surface area contributed by atoms with Crippen LogP contribution in [0.4, 0.5) is 0 Å². The van der Waals surface area contributed by atoms with Gasteiger partial charge in [0.15, 0.2) is 0 Å². The monoisotopic (exact) mass is 383 g/mol. The van der Waals surface area contributed by atoms with Crippen LogP contribution in [0, 0.1) is 0 Å². The molecule has 7 heteroatoms. The number of nitrogens with zero attached hydrogens (tertiary/aromatic N) is 2. The third-order valence-electron chi connectivity index (χ3n) is 3.88. The van der Waals surface area contributed by atoms with E-state index in [0.717, 1.165) is 17.3 Å². The van der Waals surface area contributed by atoms with E-state index in [9.17, 15) is 8.42 Å². The van der Waals surface area contributed by atoms with Crippen molar-refractivity contribution < 1.29 is 8.42 Å². The Morgan fingerprint density at radius 2 is 1.91 bits per heavy atom. The molecule has 1 heterocycles. The van der Waals surface area contributed by atoms with Crippen molar-refractivity contribution in [2.75, 3.05) is 6.54 Å². The molecule has 0 bridgehead atoms. The van der Waals surface area contributed by atoms with Crippen LogP contribution in [-0.2, 0) is 29.4 Å². The summed E-state index contributed by atoms with van der Waals surface area (Å²) in [5.74, 6) is 0. The molecule has 0 unspecified atom stereocenters. The van der Waals surface area contributed by atoms with Crippen molar-refractivity contribution >= 4 is 26.0 Å². The van der Waals surface area contributed by atoms with E-state index >= 15 is 0 Å². The topological polar surface area (TPSA) is 64.0 Å². The highest BCUT2D eigenvalue weighted by atomic mass is 79.9. The van der Waals surface area contributed by atoms with Gasteiger partial charge >= 0.3 is 0 Å². The van der Waals surface area contributed by atoms with Crippen molar-refractivity contribution in [2.24, 2.45) is 0 Å². The second-order valence-corrected chi connectivity index (χ2v) is 8.08. The summed E-state index contributed by atoms with van der Waals surface area (Å²) in [5, 5.41) is 4.38. The van der Waals surface area contributed by atoms with E-state index in [4.69, 9.17) is 0 Å². The molecule has 0 atom stereocenters. The molecule has 1 aromatic heterocycles. The van der Waals surface area contributed by atoms with Gasteiger partial charge in [-0.2, -0.15) is 5.10 Å². The maximum atomic E-state index is 12.2. The van der Waals surface area contributed by atoms with E-state index in [1.165, 1.54) is 24.1 Å². The largest absolute Gasteiger partial charge is 0.268 e. The molecule has 0 amide bonds. The number of benzene rings is 1. The number of hydrogen-bond donors (Lipinski definition) is 1. The molecule has 0 aliphatic heterocycles. The third kappa shape index (κ3) is 3.42. The molecule has 1 aliphatic rings. The minimum Gasteiger partial charge on any atom is -0.268 e. The fraction of sp³-hybridized carbons (Fsp3) is 0.400. The Labute approximate surface area is 138 Å². The van der Waals surface area contributed by atoms with Crippen LogP contribution < -0.4 is 4.72 Å². The van der Waals surface area contributed by atoms with Gasteiger partial charge in [0.05, 0.1) is 17.6 Å². The van der Waals surface area contributed by atoms with Crippen molar-refractivity contribution in [3.8, 4) is 0 Å². The number of halogens is 1. The van der Waals surface area contributed by atoms with Crippen LogP contribution in [-0.4, -0.2) is 24.7 Å². The predicted octanol–water partition coefficient (Wildman–Crippen LogP) is 2.50. The number of nitrogens with one attached hydrogen (secondary N) is 1. The molecule has 1 aliphatic carbocycles. The van der Waals surface area contributed by atoms with E-state index in [-0.39, 0.29) is 4.90 Å². The predicted molar refractivity (Wildman–Crippen MR) is 88.2 cm³/mol. The van der Waals surface area contributed by atoms with Gasteiger partial charge in [-0.3, -0.25) is 4.68 Å². The Kier molecular flexibility index (Phi) is 4.65. The Balaban J connectivity index is 1.63. The first kappa shape index (κ1) is 15.7. The summed E-state index contributed by atoms with van der Waals surface area (Å²) in [6.45, 7) is 0.900. The summed E-state index contributed by atoms with van der Waals surface area (Å²) in [5.41, 5.74) is 2.57. The van der Waals surface area contributed by atoms with Crippen molar-refractivity contribution in [2.45, 2.75) is 37.1 Å². The second kappa shape index (κ2) is 6.52.